The Labute approximate surface area is 160 Å². The molecule has 1 saturated heterocycles. The highest BCUT2D eigenvalue weighted by molar-refractivity contribution is 6.33. The Hall–Kier alpha value is -3.07. The fourth-order valence-electron chi connectivity index (χ4n) is 3.17. The Kier molecular flexibility index (Phi) is 4.23. The van der Waals surface area contributed by atoms with Gasteiger partial charge in [-0.25, -0.2) is 9.67 Å². The summed E-state index contributed by atoms with van der Waals surface area (Å²) in [5, 5.41) is 11.5. The summed E-state index contributed by atoms with van der Waals surface area (Å²) in [6, 6.07) is 5.18. The molecule has 0 atom stereocenters. The van der Waals surface area contributed by atoms with E-state index in [2.05, 4.69) is 25.5 Å². The number of carbonyl (C=O) groups is 1. The average molecular weight is 388 g/mol. The van der Waals surface area contributed by atoms with Gasteiger partial charge in [-0.3, -0.25) is 4.79 Å². The molecule has 0 spiro atoms. The number of nitrogens with zero attached hydrogens (tertiary/aromatic N) is 5. The van der Waals surface area contributed by atoms with Crippen LogP contribution in [0.4, 0.5) is 11.4 Å². The summed E-state index contributed by atoms with van der Waals surface area (Å²) in [6.45, 7) is 1.27. The van der Waals surface area contributed by atoms with E-state index in [1.807, 2.05) is 0 Å². The lowest BCUT2D eigenvalue weighted by molar-refractivity contribution is 0.0931. The third kappa shape index (κ3) is 2.99. The Morgan fingerprint density at radius 2 is 2.19 bits per heavy atom. The van der Waals surface area contributed by atoms with E-state index in [1.54, 1.807) is 43.2 Å². The highest BCUT2D eigenvalue weighted by Gasteiger charge is 2.30. The van der Waals surface area contributed by atoms with Crippen molar-refractivity contribution in [2.45, 2.75) is 6.04 Å². The molecule has 0 saturated carbocycles. The van der Waals surface area contributed by atoms with Gasteiger partial charge in [-0.1, -0.05) is 16.8 Å². The lowest BCUT2D eigenvalue weighted by Crippen LogP contribution is -2.59. The SMILES string of the molecule is COc1cc(N2CC(NC(=O)c3ccc4nnn(C)c4c3N)C2)c(Cl)cn1. The van der Waals surface area contributed by atoms with Crippen LogP contribution in [-0.4, -0.2) is 52.1 Å². The van der Waals surface area contributed by atoms with Gasteiger partial charge < -0.3 is 20.7 Å². The van der Waals surface area contributed by atoms with Gasteiger partial charge in [0.25, 0.3) is 5.91 Å². The van der Waals surface area contributed by atoms with Crippen molar-refractivity contribution < 1.29 is 9.53 Å². The van der Waals surface area contributed by atoms with Crippen LogP contribution in [0.5, 0.6) is 5.88 Å². The fourth-order valence-corrected chi connectivity index (χ4v) is 3.39. The molecule has 1 aliphatic rings. The maximum absolute atomic E-state index is 12.6. The van der Waals surface area contributed by atoms with Gasteiger partial charge >= 0.3 is 0 Å². The van der Waals surface area contributed by atoms with Crippen molar-refractivity contribution in [3.63, 3.8) is 0 Å². The molecule has 1 fully saturated rings. The van der Waals surface area contributed by atoms with Crippen LogP contribution in [0.25, 0.3) is 11.0 Å². The minimum atomic E-state index is -0.223. The number of aromatic nitrogens is 4. The second-order valence-corrected chi connectivity index (χ2v) is 6.77. The van der Waals surface area contributed by atoms with E-state index < -0.39 is 0 Å². The first-order chi connectivity index (χ1) is 13.0. The van der Waals surface area contributed by atoms with Gasteiger partial charge in [-0.15, -0.1) is 5.10 Å². The number of anilines is 2. The Morgan fingerprint density at radius 3 is 2.93 bits per heavy atom. The van der Waals surface area contributed by atoms with E-state index in [1.165, 1.54) is 0 Å². The molecule has 1 amide bonds. The first kappa shape index (κ1) is 17.3. The van der Waals surface area contributed by atoms with E-state index in [0.717, 1.165) is 5.69 Å². The first-order valence-corrected chi connectivity index (χ1v) is 8.69. The number of hydrogen-bond donors (Lipinski definition) is 2. The maximum atomic E-state index is 12.6. The lowest BCUT2D eigenvalue weighted by atomic mass is 10.1. The summed E-state index contributed by atoms with van der Waals surface area (Å²) in [4.78, 5) is 18.8. The zero-order valence-corrected chi connectivity index (χ0v) is 15.6. The van der Waals surface area contributed by atoms with Crippen LogP contribution in [0.2, 0.25) is 5.02 Å². The quantitative estimate of drug-likeness (QED) is 0.647. The number of carbonyl (C=O) groups excluding carboxylic acids is 1. The molecule has 4 rings (SSSR count). The third-order valence-corrected chi connectivity index (χ3v) is 4.92. The highest BCUT2D eigenvalue weighted by Crippen LogP contribution is 2.31. The largest absolute Gasteiger partial charge is 0.481 e. The molecule has 3 N–H and O–H groups in total. The molecule has 27 heavy (non-hydrogen) atoms. The highest BCUT2D eigenvalue weighted by atomic mass is 35.5. The molecule has 3 heterocycles. The minimum absolute atomic E-state index is 0.00696. The number of ether oxygens (including phenoxy) is 1. The Bertz CT molecular complexity index is 1030. The molecular weight excluding hydrogens is 370 g/mol. The van der Waals surface area contributed by atoms with Crippen LogP contribution in [0.3, 0.4) is 0 Å². The number of benzene rings is 1. The van der Waals surface area contributed by atoms with Crippen LogP contribution in [0.15, 0.2) is 24.4 Å². The van der Waals surface area contributed by atoms with E-state index >= 15 is 0 Å². The van der Waals surface area contributed by atoms with Crippen LogP contribution in [-0.2, 0) is 7.05 Å². The van der Waals surface area contributed by atoms with Gasteiger partial charge in [0.05, 0.1) is 41.3 Å². The van der Waals surface area contributed by atoms with Crippen molar-refractivity contribution in [3.05, 3.63) is 35.0 Å². The zero-order chi connectivity index (χ0) is 19.1. The van der Waals surface area contributed by atoms with Crippen molar-refractivity contribution in [3.8, 4) is 5.88 Å². The number of fused-ring (bicyclic) bond motifs is 1. The minimum Gasteiger partial charge on any atom is -0.481 e. The number of hydrogen-bond acceptors (Lipinski definition) is 7. The molecule has 3 aromatic rings. The molecule has 9 nitrogen and oxygen atoms in total. The number of nitrogen functional groups attached to an aromatic ring is 1. The second kappa shape index (κ2) is 6.58. The summed E-state index contributed by atoms with van der Waals surface area (Å²) in [5.74, 6) is 0.270. The Morgan fingerprint density at radius 1 is 1.41 bits per heavy atom. The third-order valence-electron chi connectivity index (χ3n) is 4.63. The molecule has 1 aromatic carbocycles. The fraction of sp³-hybridized carbons (Fsp3) is 0.294. The standard InChI is InChI=1S/C17H18ClN7O2/c1-24-16-12(22-23-24)4-3-10(15(16)19)17(26)21-9-7-25(8-9)13-5-14(27-2)20-6-11(13)18/h3-6,9H,7-8,19H2,1-2H3,(H,21,26). The van der Waals surface area contributed by atoms with Gasteiger partial charge in [0, 0.05) is 26.2 Å². The average Bonchev–Trinajstić information content (AvgIpc) is 3.00. The smallest absolute Gasteiger partial charge is 0.253 e. The van der Waals surface area contributed by atoms with Gasteiger partial charge in [0.15, 0.2) is 0 Å². The van der Waals surface area contributed by atoms with Gasteiger partial charge in [-0.2, -0.15) is 0 Å². The van der Waals surface area contributed by atoms with E-state index in [0.29, 0.717) is 46.3 Å². The zero-order valence-electron chi connectivity index (χ0n) is 14.8. The summed E-state index contributed by atoms with van der Waals surface area (Å²) in [7, 11) is 3.29. The van der Waals surface area contributed by atoms with E-state index in [-0.39, 0.29) is 11.9 Å². The number of nitrogens with one attached hydrogen (secondary N) is 1. The number of aryl methyl sites for hydroxylation is 1. The topological polar surface area (TPSA) is 111 Å². The first-order valence-electron chi connectivity index (χ1n) is 8.31. The van der Waals surface area contributed by atoms with Gasteiger partial charge in [0.1, 0.15) is 11.0 Å². The van der Waals surface area contributed by atoms with Crippen molar-refractivity contribution >= 4 is 39.9 Å². The predicted molar refractivity (Wildman–Crippen MR) is 102 cm³/mol. The van der Waals surface area contributed by atoms with Crippen molar-refractivity contribution in [1.82, 2.24) is 25.3 Å². The second-order valence-electron chi connectivity index (χ2n) is 6.36. The van der Waals surface area contributed by atoms with Crippen molar-refractivity contribution in [1.29, 1.82) is 0 Å². The number of nitrogens with two attached hydrogens (primary N) is 1. The van der Waals surface area contributed by atoms with E-state index in [9.17, 15) is 4.79 Å². The molecule has 0 bridgehead atoms. The van der Waals surface area contributed by atoms with Crippen LogP contribution in [0, 0.1) is 0 Å². The van der Waals surface area contributed by atoms with Crippen molar-refractivity contribution in [2.24, 2.45) is 7.05 Å². The monoisotopic (exact) mass is 387 g/mol. The molecule has 0 unspecified atom stereocenters. The van der Waals surface area contributed by atoms with E-state index in [4.69, 9.17) is 22.1 Å². The molecule has 2 aromatic heterocycles. The Balaban J connectivity index is 1.45. The van der Waals surface area contributed by atoms with Crippen LogP contribution >= 0.6 is 11.6 Å². The van der Waals surface area contributed by atoms with Gasteiger partial charge in [0.2, 0.25) is 5.88 Å². The number of halogens is 1. The number of methoxy groups -OCH3 is 1. The number of rotatable bonds is 4. The van der Waals surface area contributed by atoms with Gasteiger partial charge in [-0.05, 0) is 12.1 Å². The molecule has 1 aliphatic heterocycles. The summed E-state index contributed by atoms with van der Waals surface area (Å²) in [6.07, 6.45) is 1.56. The lowest BCUT2D eigenvalue weighted by Gasteiger charge is -2.41. The summed E-state index contributed by atoms with van der Waals surface area (Å²) < 4.78 is 6.70. The molecule has 0 radical (unpaired) electrons. The van der Waals surface area contributed by atoms with Crippen LogP contribution < -0.4 is 20.7 Å². The van der Waals surface area contributed by atoms with Crippen molar-refractivity contribution in [2.75, 3.05) is 30.8 Å². The maximum Gasteiger partial charge on any atom is 0.253 e. The number of pyridine rings is 1. The molecule has 0 aliphatic carbocycles. The normalized spacial score (nSPS) is 14.3. The summed E-state index contributed by atoms with van der Waals surface area (Å²) in [5.41, 5.74) is 9.07. The molecule has 140 valence electrons. The molecule has 10 heteroatoms. The predicted octanol–water partition coefficient (Wildman–Crippen LogP) is 1.23. The molecular formula is C17H18ClN7O2. The summed E-state index contributed by atoms with van der Waals surface area (Å²) >= 11 is 6.21. The number of amides is 1. The van der Waals surface area contributed by atoms with Crippen LogP contribution in [0.1, 0.15) is 10.4 Å².